The van der Waals surface area contributed by atoms with E-state index in [-0.39, 0.29) is 23.6 Å². The number of carbonyl (C=O) groups is 2. The van der Waals surface area contributed by atoms with Crippen molar-refractivity contribution >= 4 is 39.8 Å². The Morgan fingerprint density at radius 2 is 1.96 bits per heavy atom. The molecule has 0 radical (unpaired) electrons. The topological polar surface area (TPSA) is 71.3 Å². The standard InChI is InChI=1S/C19H17ClN2O3S/c1-11-9-16(22-18(23)15-7-4-8-25-15)26-17(11)19(24)21-12(2)13-5-3-6-14(20)10-13/h3-10,12H,1-2H3,(H,21,24)(H,22,23). The molecule has 26 heavy (non-hydrogen) atoms. The smallest absolute Gasteiger partial charge is 0.291 e. The molecule has 2 amide bonds. The minimum atomic E-state index is -0.351. The second kappa shape index (κ2) is 7.76. The van der Waals surface area contributed by atoms with Gasteiger partial charge >= 0.3 is 0 Å². The molecule has 0 aliphatic carbocycles. The van der Waals surface area contributed by atoms with Crippen molar-refractivity contribution in [1.82, 2.24) is 5.32 Å². The largest absolute Gasteiger partial charge is 0.459 e. The van der Waals surface area contributed by atoms with Crippen LogP contribution < -0.4 is 10.6 Å². The Morgan fingerprint density at radius 1 is 1.15 bits per heavy atom. The number of aryl methyl sites for hydroxylation is 1. The van der Waals surface area contributed by atoms with Crippen LogP contribution in [-0.4, -0.2) is 11.8 Å². The van der Waals surface area contributed by atoms with E-state index in [0.717, 1.165) is 11.1 Å². The number of thiophene rings is 1. The highest BCUT2D eigenvalue weighted by atomic mass is 35.5. The summed E-state index contributed by atoms with van der Waals surface area (Å²) in [6.45, 7) is 3.73. The molecular weight excluding hydrogens is 372 g/mol. The summed E-state index contributed by atoms with van der Waals surface area (Å²) in [4.78, 5) is 25.2. The molecule has 0 aliphatic rings. The molecule has 0 aliphatic heterocycles. The molecule has 7 heteroatoms. The van der Waals surface area contributed by atoms with Crippen molar-refractivity contribution in [1.29, 1.82) is 0 Å². The first-order valence-electron chi connectivity index (χ1n) is 7.95. The number of nitrogens with one attached hydrogen (secondary N) is 2. The van der Waals surface area contributed by atoms with Gasteiger partial charge in [-0.15, -0.1) is 11.3 Å². The molecule has 3 aromatic rings. The molecule has 1 aromatic carbocycles. The Balaban J connectivity index is 1.70. The minimum Gasteiger partial charge on any atom is -0.459 e. The lowest BCUT2D eigenvalue weighted by Gasteiger charge is -2.14. The van der Waals surface area contributed by atoms with Gasteiger partial charge in [-0.05, 0) is 55.3 Å². The number of amides is 2. The number of anilines is 1. The van der Waals surface area contributed by atoms with Crippen LogP contribution in [0.5, 0.6) is 0 Å². The van der Waals surface area contributed by atoms with Crippen LogP contribution in [0.1, 0.15) is 44.3 Å². The second-order valence-corrected chi connectivity index (χ2v) is 7.29. The number of hydrogen-bond acceptors (Lipinski definition) is 4. The van der Waals surface area contributed by atoms with Crippen molar-refractivity contribution in [2.24, 2.45) is 0 Å². The predicted octanol–water partition coefficient (Wildman–Crippen LogP) is 5.05. The summed E-state index contributed by atoms with van der Waals surface area (Å²) in [5.74, 6) is -0.328. The third-order valence-electron chi connectivity index (χ3n) is 3.80. The molecule has 1 atom stereocenters. The normalized spacial score (nSPS) is 11.8. The van der Waals surface area contributed by atoms with Gasteiger partial charge in [0.15, 0.2) is 5.76 Å². The summed E-state index contributed by atoms with van der Waals surface area (Å²) < 4.78 is 5.07. The monoisotopic (exact) mass is 388 g/mol. The fourth-order valence-electron chi connectivity index (χ4n) is 2.47. The van der Waals surface area contributed by atoms with E-state index < -0.39 is 0 Å². The van der Waals surface area contributed by atoms with Crippen LogP contribution in [0.3, 0.4) is 0 Å². The van der Waals surface area contributed by atoms with Gasteiger partial charge in [0.1, 0.15) is 0 Å². The van der Waals surface area contributed by atoms with Crippen molar-refractivity contribution in [3.05, 3.63) is 75.5 Å². The van der Waals surface area contributed by atoms with E-state index in [0.29, 0.717) is 14.9 Å². The summed E-state index contributed by atoms with van der Waals surface area (Å²) in [5.41, 5.74) is 1.71. The van der Waals surface area contributed by atoms with Crippen LogP contribution in [0.4, 0.5) is 5.00 Å². The predicted molar refractivity (Wildman–Crippen MR) is 103 cm³/mol. The zero-order chi connectivity index (χ0) is 18.7. The molecule has 134 valence electrons. The molecular formula is C19H17ClN2O3S. The van der Waals surface area contributed by atoms with Crippen molar-refractivity contribution < 1.29 is 14.0 Å². The summed E-state index contributed by atoms with van der Waals surface area (Å²) in [6.07, 6.45) is 1.44. The van der Waals surface area contributed by atoms with Gasteiger partial charge in [-0.1, -0.05) is 23.7 Å². The number of carbonyl (C=O) groups excluding carboxylic acids is 2. The number of benzene rings is 1. The Bertz CT molecular complexity index is 934. The number of hydrogen-bond donors (Lipinski definition) is 2. The number of rotatable bonds is 5. The first-order chi connectivity index (χ1) is 12.4. The zero-order valence-corrected chi connectivity index (χ0v) is 15.8. The Hall–Kier alpha value is -2.57. The maximum absolute atomic E-state index is 12.6. The lowest BCUT2D eigenvalue weighted by molar-refractivity contribution is 0.0942. The second-order valence-electron chi connectivity index (χ2n) is 5.80. The average molecular weight is 389 g/mol. The zero-order valence-electron chi connectivity index (χ0n) is 14.2. The van der Waals surface area contributed by atoms with Crippen LogP contribution in [-0.2, 0) is 0 Å². The Kier molecular flexibility index (Phi) is 5.44. The van der Waals surface area contributed by atoms with E-state index in [2.05, 4.69) is 10.6 Å². The maximum Gasteiger partial charge on any atom is 0.291 e. The van der Waals surface area contributed by atoms with Crippen LogP contribution >= 0.6 is 22.9 Å². The van der Waals surface area contributed by atoms with Gasteiger partial charge in [0.25, 0.3) is 11.8 Å². The summed E-state index contributed by atoms with van der Waals surface area (Å²) in [5, 5.41) is 6.91. The number of halogens is 1. The lowest BCUT2D eigenvalue weighted by Crippen LogP contribution is -2.26. The van der Waals surface area contributed by atoms with Crippen molar-refractivity contribution in [2.75, 3.05) is 5.32 Å². The van der Waals surface area contributed by atoms with E-state index in [9.17, 15) is 9.59 Å². The van der Waals surface area contributed by atoms with Crippen LogP contribution in [0.25, 0.3) is 0 Å². The highest BCUT2D eigenvalue weighted by Gasteiger charge is 2.18. The quantitative estimate of drug-likeness (QED) is 0.642. The molecule has 2 N–H and O–H groups in total. The molecule has 2 aromatic heterocycles. The van der Waals surface area contributed by atoms with Crippen molar-refractivity contribution in [2.45, 2.75) is 19.9 Å². The van der Waals surface area contributed by atoms with Crippen LogP contribution in [0, 0.1) is 6.92 Å². The SMILES string of the molecule is Cc1cc(NC(=O)c2ccco2)sc1C(=O)NC(C)c1cccc(Cl)c1. The lowest BCUT2D eigenvalue weighted by atomic mass is 10.1. The number of furan rings is 1. The van der Waals surface area contributed by atoms with Gasteiger partial charge in [-0.2, -0.15) is 0 Å². The average Bonchev–Trinajstić information content (AvgIpc) is 3.24. The molecule has 3 rings (SSSR count). The Morgan fingerprint density at radius 3 is 2.65 bits per heavy atom. The highest BCUT2D eigenvalue weighted by Crippen LogP contribution is 2.28. The van der Waals surface area contributed by atoms with Gasteiger partial charge in [0, 0.05) is 5.02 Å². The van der Waals surface area contributed by atoms with E-state index in [1.54, 1.807) is 24.3 Å². The Labute approximate surface area is 160 Å². The summed E-state index contributed by atoms with van der Waals surface area (Å²) >= 11 is 7.23. The maximum atomic E-state index is 12.6. The van der Waals surface area contributed by atoms with Gasteiger partial charge in [-0.25, -0.2) is 0 Å². The highest BCUT2D eigenvalue weighted by molar-refractivity contribution is 7.18. The van der Waals surface area contributed by atoms with Gasteiger partial charge in [0.05, 0.1) is 22.2 Å². The molecule has 2 heterocycles. The van der Waals surface area contributed by atoms with E-state index in [1.807, 2.05) is 32.0 Å². The molecule has 0 saturated carbocycles. The molecule has 0 spiro atoms. The fraction of sp³-hybridized carbons (Fsp3) is 0.158. The van der Waals surface area contributed by atoms with Crippen molar-refractivity contribution in [3.63, 3.8) is 0 Å². The third-order valence-corrected chi connectivity index (χ3v) is 5.19. The molecule has 0 bridgehead atoms. The first-order valence-corrected chi connectivity index (χ1v) is 9.15. The van der Waals surface area contributed by atoms with E-state index in [4.69, 9.17) is 16.0 Å². The summed E-state index contributed by atoms with van der Waals surface area (Å²) in [7, 11) is 0. The van der Waals surface area contributed by atoms with Crippen LogP contribution in [0.15, 0.2) is 53.1 Å². The van der Waals surface area contributed by atoms with Crippen LogP contribution in [0.2, 0.25) is 5.02 Å². The molecule has 0 saturated heterocycles. The van der Waals surface area contributed by atoms with Gasteiger partial charge in [-0.3, -0.25) is 9.59 Å². The fourth-order valence-corrected chi connectivity index (χ4v) is 3.64. The van der Waals surface area contributed by atoms with Gasteiger partial charge in [0.2, 0.25) is 0 Å². The van der Waals surface area contributed by atoms with Gasteiger partial charge < -0.3 is 15.1 Å². The first kappa shape index (κ1) is 18.2. The summed E-state index contributed by atoms with van der Waals surface area (Å²) in [6, 6.07) is 12.2. The van der Waals surface area contributed by atoms with E-state index >= 15 is 0 Å². The van der Waals surface area contributed by atoms with Crippen molar-refractivity contribution in [3.8, 4) is 0 Å². The molecule has 0 fully saturated rings. The third kappa shape index (κ3) is 4.15. The van der Waals surface area contributed by atoms with E-state index in [1.165, 1.54) is 17.6 Å². The minimum absolute atomic E-state index is 0.191. The molecule has 1 unspecified atom stereocenters. The molecule has 5 nitrogen and oxygen atoms in total.